The lowest BCUT2D eigenvalue weighted by Gasteiger charge is -2.28. The van der Waals surface area contributed by atoms with Crippen LogP contribution in [0.15, 0.2) is 0 Å². The third-order valence-electron chi connectivity index (χ3n) is 4.61. The molecule has 1 aliphatic heterocycles. The number of aryl methyl sites for hydroxylation is 1. The Balaban J connectivity index is 1.74. The average molecular weight is 321 g/mol. The van der Waals surface area contributed by atoms with Crippen molar-refractivity contribution in [3.8, 4) is 0 Å². The number of carbonyl (C=O) groups is 1. The Morgan fingerprint density at radius 2 is 2.17 bits per heavy atom. The van der Waals surface area contributed by atoms with Crippen molar-refractivity contribution in [1.29, 1.82) is 0 Å². The summed E-state index contributed by atoms with van der Waals surface area (Å²) >= 11 is 0. The maximum Gasteiger partial charge on any atom is 0.317 e. The van der Waals surface area contributed by atoms with Crippen LogP contribution in [0.4, 0.5) is 4.79 Å². The van der Waals surface area contributed by atoms with E-state index in [-0.39, 0.29) is 12.1 Å². The van der Waals surface area contributed by atoms with Gasteiger partial charge >= 0.3 is 6.03 Å². The molecular formula is C17H31N5O. The van der Waals surface area contributed by atoms with E-state index in [0.29, 0.717) is 6.54 Å². The van der Waals surface area contributed by atoms with Crippen LogP contribution in [-0.4, -0.2) is 58.0 Å². The predicted molar refractivity (Wildman–Crippen MR) is 92.5 cm³/mol. The van der Waals surface area contributed by atoms with Gasteiger partial charge in [-0.3, -0.25) is 0 Å². The number of rotatable bonds is 7. The minimum atomic E-state index is 0.0400. The molecule has 0 bridgehead atoms. The van der Waals surface area contributed by atoms with Gasteiger partial charge in [0.05, 0.1) is 17.9 Å². The smallest absolute Gasteiger partial charge is 0.317 e. The van der Waals surface area contributed by atoms with Crippen LogP contribution in [0.2, 0.25) is 0 Å². The van der Waals surface area contributed by atoms with E-state index in [4.69, 9.17) is 0 Å². The van der Waals surface area contributed by atoms with Gasteiger partial charge in [0.25, 0.3) is 0 Å². The molecule has 0 fully saturated rings. The summed E-state index contributed by atoms with van der Waals surface area (Å²) in [5.41, 5.74) is 2.19. The number of nitrogens with one attached hydrogen (secondary N) is 2. The highest BCUT2D eigenvalue weighted by molar-refractivity contribution is 5.74. The normalized spacial score (nSPS) is 15.6. The number of carbonyl (C=O) groups excluding carboxylic acids is 1. The van der Waals surface area contributed by atoms with Gasteiger partial charge in [-0.2, -0.15) is 0 Å². The zero-order valence-electron chi connectivity index (χ0n) is 15.0. The molecule has 1 atom stereocenters. The Hall–Kier alpha value is -1.56. The molecule has 0 saturated heterocycles. The molecule has 0 saturated carbocycles. The van der Waals surface area contributed by atoms with Crippen molar-refractivity contribution in [2.75, 3.05) is 26.2 Å². The summed E-state index contributed by atoms with van der Waals surface area (Å²) < 4.78 is 0. The molecule has 1 unspecified atom stereocenters. The third kappa shape index (κ3) is 4.96. The van der Waals surface area contributed by atoms with E-state index >= 15 is 0 Å². The molecule has 2 N–H and O–H groups in total. The highest BCUT2D eigenvalue weighted by atomic mass is 16.2. The molecule has 23 heavy (non-hydrogen) atoms. The van der Waals surface area contributed by atoms with Gasteiger partial charge in [0, 0.05) is 19.0 Å². The Labute approximate surface area is 139 Å². The number of hydrogen-bond donors (Lipinski definition) is 2. The van der Waals surface area contributed by atoms with Gasteiger partial charge in [0.2, 0.25) is 0 Å². The van der Waals surface area contributed by atoms with Crippen molar-refractivity contribution in [3.05, 3.63) is 17.2 Å². The van der Waals surface area contributed by atoms with Crippen LogP contribution >= 0.6 is 0 Å². The second kappa shape index (κ2) is 8.34. The third-order valence-corrected chi connectivity index (χ3v) is 4.61. The molecule has 6 nitrogen and oxygen atoms in total. The van der Waals surface area contributed by atoms with E-state index in [1.165, 1.54) is 0 Å². The number of fused-ring (bicyclic) bond motifs is 1. The van der Waals surface area contributed by atoms with Crippen molar-refractivity contribution >= 4 is 6.03 Å². The van der Waals surface area contributed by atoms with Gasteiger partial charge in [-0.1, -0.05) is 13.8 Å². The first-order valence-corrected chi connectivity index (χ1v) is 8.85. The lowest BCUT2D eigenvalue weighted by atomic mass is 10.1. The fourth-order valence-electron chi connectivity index (χ4n) is 3.15. The van der Waals surface area contributed by atoms with E-state index in [2.05, 4.69) is 41.0 Å². The van der Waals surface area contributed by atoms with Crippen molar-refractivity contribution in [2.45, 2.75) is 59.5 Å². The second-order valence-corrected chi connectivity index (χ2v) is 6.44. The summed E-state index contributed by atoms with van der Waals surface area (Å²) in [5, 5.41) is 3.13. The number of aromatic amines is 1. The topological polar surface area (TPSA) is 64.3 Å². The van der Waals surface area contributed by atoms with Gasteiger partial charge < -0.3 is 20.1 Å². The number of urea groups is 1. The molecule has 0 aliphatic carbocycles. The zero-order chi connectivity index (χ0) is 16.8. The first-order valence-electron chi connectivity index (χ1n) is 8.85. The van der Waals surface area contributed by atoms with Crippen molar-refractivity contribution < 1.29 is 4.79 Å². The Morgan fingerprint density at radius 3 is 2.87 bits per heavy atom. The largest absolute Gasteiger partial charge is 0.344 e. The van der Waals surface area contributed by atoms with Crippen LogP contribution in [0.3, 0.4) is 0 Å². The molecule has 2 rings (SSSR count). The van der Waals surface area contributed by atoms with Crippen LogP contribution < -0.4 is 5.32 Å². The minimum Gasteiger partial charge on any atom is -0.344 e. The van der Waals surface area contributed by atoms with Crippen molar-refractivity contribution in [1.82, 2.24) is 25.1 Å². The minimum absolute atomic E-state index is 0.0400. The lowest BCUT2D eigenvalue weighted by Crippen LogP contribution is -2.46. The van der Waals surface area contributed by atoms with Gasteiger partial charge in [-0.25, -0.2) is 9.78 Å². The van der Waals surface area contributed by atoms with Crippen LogP contribution in [0.25, 0.3) is 0 Å². The summed E-state index contributed by atoms with van der Waals surface area (Å²) in [7, 11) is 0. The molecule has 0 radical (unpaired) electrons. The van der Waals surface area contributed by atoms with E-state index in [1.807, 2.05) is 11.8 Å². The summed E-state index contributed by atoms with van der Waals surface area (Å²) in [6.45, 7) is 13.1. The summed E-state index contributed by atoms with van der Waals surface area (Å²) in [6, 6.07) is 0.251. The number of H-pyrrole nitrogens is 1. The first-order chi connectivity index (χ1) is 11.0. The Morgan fingerprint density at radius 1 is 1.43 bits per heavy atom. The molecule has 1 aliphatic rings. The lowest BCUT2D eigenvalue weighted by molar-refractivity contribution is 0.187. The van der Waals surface area contributed by atoms with Crippen LogP contribution in [0, 0.1) is 6.92 Å². The average Bonchev–Trinajstić information content (AvgIpc) is 2.90. The highest BCUT2D eigenvalue weighted by Gasteiger charge is 2.23. The van der Waals surface area contributed by atoms with E-state index < -0.39 is 0 Å². The quantitative estimate of drug-likeness (QED) is 0.810. The molecule has 1 aromatic heterocycles. The molecule has 6 heteroatoms. The Kier molecular flexibility index (Phi) is 6.45. The molecule has 0 aromatic carbocycles. The number of imidazole rings is 1. The highest BCUT2D eigenvalue weighted by Crippen LogP contribution is 2.16. The van der Waals surface area contributed by atoms with Gasteiger partial charge in [0.15, 0.2) is 0 Å². The zero-order valence-corrected chi connectivity index (χ0v) is 15.0. The second-order valence-electron chi connectivity index (χ2n) is 6.44. The molecule has 2 amide bonds. The fraction of sp³-hybridized carbons (Fsp3) is 0.765. The maximum absolute atomic E-state index is 12.4. The molecule has 130 valence electrons. The summed E-state index contributed by atoms with van der Waals surface area (Å²) in [5.74, 6) is 0.932. The van der Waals surface area contributed by atoms with Crippen LogP contribution in [0.1, 0.15) is 50.8 Å². The number of hydrogen-bond acceptors (Lipinski definition) is 3. The molecule has 2 heterocycles. The van der Waals surface area contributed by atoms with Crippen LogP contribution in [0.5, 0.6) is 0 Å². The van der Waals surface area contributed by atoms with Gasteiger partial charge in [-0.05, 0) is 46.3 Å². The van der Waals surface area contributed by atoms with Gasteiger partial charge in [-0.15, -0.1) is 0 Å². The van der Waals surface area contributed by atoms with Crippen molar-refractivity contribution in [2.24, 2.45) is 0 Å². The summed E-state index contributed by atoms with van der Waals surface area (Å²) in [6.07, 6.45) is 2.97. The Bertz CT molecular complexity index is 509. The van der Waals surface area contributed by atoms with E-state index in [9.17, 15) is 4.79 Å². The van der Waals surface area contributed by atoms with Gasteiger partial charge in [0.1, 0.15) is 5.82 Å². The number of amides is 2. The number of aromatic nitrogens is 2. The number of nitrogens with zero attached hydrogens (tertiary/aromatic N) is 3. The SMILES string of the molecule is CCN(CC)CCCC(C)NC(=O)N1CCc2nc(C)[nH]c2C1. The van der Waals surface area contributed by atoms with Crippen LogP contribution in [-0.2, 0) is 13.0 Å². The molecule has 1 aromatic rings. The molecule has 0 spiro atoms. The van der Waals surface area contributed by atoms with E-state index in [0.717, 1.165) is 62.7 Å². The molecular weight excluding hydrogens is 290 g/mol. The monoisotopic (exact) mass is 321 g/mol. The standard InChI is InChI=1S/C17H31N5O/c1-5-21(6-2)10-7-8-13(3)18-17(23)22-11-9-15-16(12-22)20-14(4)19-15/h13H,5-12H2,1-4H3,(H,18,23)(H,19,20). The summed E-state index contributed by atoms with van der Waals surface area (Å²) in [4.78, 5) is 24.4. The predicted octanol–water partition coefficient (Wildman–Crippen LogP) is 2.30. The van der Waals surface area contributed by atoms with Crippen molar-refractivity contribution in [3.63, 3.8) is 0 Å². The first kappa shape index (κ1) is 17.8. The maximum atomic E-state index is 12.4. The fourth-order valence-corrected chi connectivity index (χ4v) is 3.15. The van der Waals surface area contributed by atoms with E-state index in [1.54, 1.807) is 0 Å².